The van der Waals surface area contributed by atoms with Gasteiger partial charge in [0.05, 0.1) is 6.26 Å². The number of hydrogen-bond donors (Lipinski definition) is 0. The molecule has 0 fully saturated rings. The average molecular weight is 348 g/mol. The van der Waals surface area contributed by atoms with Crippen LogP contribution < -0.4 is 0 Å². The van der Waals surface area contributed by atoms with Crippen LogP contribution in [0.15, 0.2) is 103 Å². The molecule has 1 heterocycles. The molecule has 3 aromatic carbocycles. The van der Waals surface area contributed by atoms with Gasteiger partial charge in [-0.2, -0.15) is 0 Å². The largest absolute Gasteiger partial charge is 0.493 e. The first-order valence-corrected chi connectivity index (χ1v) is 9.36. The Bertz CT molecular complexity index is 1040. The predicted octanol–water partition coefficient (Wildman–Crippen LogP) is 6.60. The normalized spacial score (nSPS) is 19.7. The van der Waals surface area contributed by atoms with E-state index < -0.39 is 0 Å². The Morgan fingerprint density at radius 2 is 1.41 bits per heavy atom. The van der Waals surface area contributed by atoms with E-state index in [-0.39, 0.29) is 12.0 Å². The van der Waals surface area contributed by atoms with E-state index in [4.69, 9.17) is 4.74 Å². The Balaban J connectivity index is 1.68. The van der Waals surface area contributed by atoms with Gasteiger partial charge < -0.3 is 4.74 Å². The highest BCUT2D eigenvalue weighted by Crippen LogP contribution is 2.42. The fraction of sp³-hybridized carbons (Fsp3) is 0.0769. The molecule has 1 aliphatic carbocycles. The Morgan fingerprint density at radius 3 is 2.11 bits per heavy atom. The maximum Gasteiger partial charge on any atom is 0.127 e. The number of ether oxygens (including phenoxy) is 1. The third-order valence-corrected chi connectivity index (χ3v) is 5.31. The molecular formula is C26H20O. The van der Waals surface area contributed by atoms with Crippen molar-refractivity contribution in [2.75, 3.05) is 0 Å². The minimum absolute atomic E-state index is 0.0437. The van der Waals surface area contributed by atoms with Gasteiger partial charge in [0.25, 0.3) is 0 Å². The number of rotatable bonds is 3. The van der Waals surface area contributed by atoms with Gasteiger partial charge in [0.2, 0.25) is 0 Å². The molecule has 2 aliphatic rings. The Kier molecular flexibility index (Phi) is 3.99. The van der Waals surface area contributed by atoms with Crippen LogP contribution in [0.1, 0.15) is 17.0 Å². The zero-order valence-electron chi connectivity index (χ0n) is 15.0. The first-order valence-electron chi connectivity index (χ1n) is 9.36. The summed E-state index contributed by atoms with van der Waals surface area (Å²) in [4.78, 5) is 0. The van der Waals surface area contributed by atoms with Gasteiger partial charge >= 0.3 is 0 Å². The van der Waals surface area contributed by atoms with Crippen molar-refractivity contribution in [2.24, 2.45) is 0 Å². The van der Waals surface area contributed by atoms with Crippen LogP contribution in [0.2, 0.25) is 0 Å². The highest BCUT2D eigenvalue weighted by atomic mass is 16.5. The van der Waals surface area contributed by atoms with Crippen molar-refractivity contribution >= 4 is 6.08 Å². The maximum absolute atomic E-state index is 5.89. The van der Waals surface area contributed by atoms with Gasteiger partial charge in [-0.1, -0.05) is 78.9 Å². The SMILES string of the molecule is C1=COC(C2C=Cc3c(-c4ccccc4)cc(-c4ccccc4)cc32)C=C1. The van der Waals surface area contributed by atoms with Gasteiger partial charge in [-0.25, -0.2) is 0 Å². The maximum atomic E-state index is 5.89. The molecule has 0 saturated heterocycles. The number of fused-ring (bicyclic) bond motifs is 1. The predicted molar refractivity (Wildman–Crippen MR) is 112 cm³/mol. The van der Waals surface area contributed by atoms with E-state index in [1.54, 1.807) is 6.26 Å². The van der Waals surface area contributed by atoms with E-state index in [0.29, 0.717) is 0 Å². The summed E-state index contributed by atoms with van der Waals surface area (Å²) >= 11 is 0. The van der Waals surface area contributed by atoms with Crippen LogP contribution in [0.4, 0.5) is 0 Å². The Labute approximate surface area is 159 Å². The highest BCUT2D eigenvalue weighted by Gasteiger charge is 2.28. The summed E-state index contributed by atoms with van der Waals surface area (Å²) in [5, 5.41) is 0. The molecule has 1 aliphatic heterocycles. The van der Waals surface area contributed by atoms with Crippen molar-refractivity contribution in [1.82, 2.24) is 0 Å². The molecule has 0 bridgehead atoms. The summed E-state index contributed by atoms with van der Waals surface area (Å²) in [5.74, 6) is 0.229. The topological polar surface area (TPSA) is 9.23 Å². The molecule has 1 nitrogen and oxygen atoms in total. The fourth-order valence-electron chi connectivity index (χ4n) is 3.99. The van der Waals surface area contributed by atoms with Gasteiger partial charge in [0, 0.05) is 5.92 Å². The van der Waals surface area contributed by atoms with Crippen LogP contribution in [-0.4, -0.2) is 6.10 Å². The number of hydrogen-bond acceptors (Lipinski definition) is 1. The van der Waals surface area contributed by atoms with Gasteiger partial charge in [-0.15, -0.1) is 0 Å². The van der Waals surface area contributed by atoms with Crippen molar-refractivity contribution in [2.45, 2.75) is 12.0 Å². The third kappa shape index (κ3) is 2.92. The second-order valence-electron chi connectivity index (χ2n) is 6.96. The summed E-state index contributed by atoms with van der Waals surface area (Å²) in [5.41, 5.74) is 7.65. The van der Waals surface area contributed by atoms with Crippen molar-refractivity contribution < 1.29 is 4.74 Å². The van der Waals surface area contributed by atoms with Crippen molar-refractivity contribution in [3.63, 3.8) is 0 Å². The second kappa shape index (κ2) is 6.77. The first-order chi connectivity index (χ1) is 13.4. The van der Waals surface area contributed by atoms with E-state index in [0.717, 1.165) is 0 Å². The van der Waals surface area contributed by atoms with Crippen LogP contribution >= 0.6 is 0 Å². The molecule has 5 rings (SSSR count). The van der Waals surface area contributed by atoms with Crippen molar-refractivity contribution in [3.8, 4) is 22.3 Å². The van der Waals surface area contributed by atoms with E-state index in [9.17, 15) is 0 Å². The second-order valence-corrected chi connectivity index (χ2v) is 6.96. The van der Waals surface area contributed by atoms with Gasteiger partial charge in [-0.3, -0.25) is 0 Å². The van der Waals surface area contributed by atoms with Crippen molar-refractivity contribution in [3.05, 3.63) is 114 Å². The Morgan fingerprint density at radius 1 is 0.667 bits per heavy atom. The summed E-state index contributed by atoms with van der Waals surface area (Å²) in [6.07, 6.45) is 12.5. The fourth-order valence-corrected chi connectivity index (χ4v) is 3.99. The van der Waals surface area contributed by atoms with Gasteiger partial charge in [-0.05, 0) is 57.7 Å². The first kappa shape index (κ1) is 15.9. The molecule has 0 N–H and O–H groups in total. The lowest BCUT2D eigenvalue weighted by molar-refractivity contribution is 0.170. The monoisotopic (exact) mass is 348 g/mol. The zero-order chi connectivity index (χ0) is 18.1. The molecule has 1 heteroatoms. The van der Waals surface area contributed by atoms with Crippen LogP contribution in [-0.2, 0) is 4.74 Å². The Hall–Kier alpha value is -3.32. The number of allylic oxidation sites excluding steroid dienone is 2. The molecule has 130 valence electrons. The highest BCUT2D eigenvalue weighted by molar-refractivity contribution is 5.85. The summed E-state index contributed by atoms with van der Waals surface area (Å²) in [6.45, 7) is 0. The lowest BCUT2D eigenvalue weighted by Gasteiger charge is -2.23. The molecule has 3 aromatic rings. The van der Waals surface area contributed by atoms with Crippen molar-refractivity contribution in [1.29, 1.82) is 0 Å². The van der Waals surface area contributed by atoms with Gasteiger partial charge in [0.1, 0.15) is 6.10 Å². The van der Waals surface area contributed by atoms with Gasteiger partial charge in [0.15, 0.2) is 0 Å². The summed E-state index contributed by atoms with van der Waals surface area (Å²) < 4.78 is 5.89. The molecule has 27 heavy (non-hydrogen) atoms. The smallest absolute Gasteiger partial charge is 0.127 e. The molecule has 0 amide bonds. The summed E-state index contributed by atoms with van der Waals surface area (Å²) in [6, 6.07) is 25.9. The molecule has 0 radical (unpaired) electrons. The zero-order valence-corrected chi connectivity index (χ0v) is 15.0. The van der Waals surface area contributed by atoms with Crippen LogP contribution in [0.3, 0.4) is 0 Å². The van der Waals surface area contributed by atoms with E-state index in [1.165, 1.54) is 33.4 Å². The molecule has 0 saturated carbocycles. The molecule has 0 aromatic heterocycles. The lowest BCUT2D eigenvalue weighted by atomic mass is 9.87. The minimum atomic E-state index is 0.0437. The minimum Gasteiger partial charge on any atom is -0.493 e. The van der Waals surface area contributed by atoms with Crippen LogP contribution in [0.25, 0.3) is 28.3 Å². The molecule has 2 atom stereocenters. The number of benzene rings is 3. The standard InChI is InChI=1S/C26H20O/c1-3-9-19(10-4-1)21-17-24(20-11-5-2-6-12-20)22-14-15-23(25(22)18-21)26-13-7-8-16-27-26/h1-18,23,26H. The van der Waals surface area contributed by atoms with E-state index >= 15 is 0 Å². The molecule has 2 unspecified atom stereocenters. The average Bonchev–Trinajstić information content (AvgIpc) is 3.19. The van der Waals surface area contributed by atoms with Crippen LogP contribution in [0, 0.1) is 0 Å². The quantitative estimate of drug-likeness (QED) is 0.518. The molecular weight excluding hydrogens is 328 g/mol. The molecule has 0 spiro atoms. The third-order valence-electron chi connectivity index (χ3n) is 5.31. The van der Waals surface area contributed by atoms with E-state index in [1.807, 2.05) is 6.08 Å². The van der Waals surface area contributed by atoms with E-state index in [2.05, 4.69) is 97.1 Å². The lowest BCUT2D eigenvalue weighted by Crippen LogP contribution is -2.17. The van der Waals surface area contributed by atoms with Crippen LogP contribution in [0.5, 0.6) is 0 Å². The summed E-state index contributed by atoms with van der Waals surface area (Å²) in [7, 11) is 0.